The van der Waals surface area contributed by atoms with E-state index in [1.807, 2.05) is 37.3 Å². The fourth-order valence-corrected chi connectivity index (χ4v) is 3.14. The third-order valence-corrected chi connectivity index (χ3v) is 4.28. The van der Waals surface area contributed by atoms with Crippen molar-refractivity contribution >= 4 is 29.0 Å². The average Bonchev–Trinajstić information content (AvgIpc) is 2.56. The summed E-state index contributed by atoms with van der Waals surface area (Å²) in [4.78, 5) is 22.6. The van der Waals surface area contributed by atoms with Gasteiger partial charge in [-0.3, -0.25) is 4.79 Å². The van der Waals surface area contributed by atoms with Crippen LogP contribution in [-0.4, -0.2) is 29.0 Å². The third-order valence-electron chi connectivity index (χ3n) is 4.28. The minimum Gasteiger partial charge on any atom is -0.356 e. The molecule has 2 heterocycles. The molecule has 1 fully saturated rings. The van der Waals surface area contributed by atoms with Gasteiger partial charge in [-0.05, 0) is 49.9 Å². The van der Waals surface area contributed by atoms with Crippen molar-refractivity contribution < 1.29 is 4.79 Å². The van der Waals surface area contributed by atoms with E-state index in [1.165, 1.54) is 19.8 Å². The fourth-order valence-electron chi connectivity index (χ4n) is 3.14. The van der Waals surface area contributed by atoms with E-state index in [0.717, 1.165) is 36.0 Å². The second-order valence-electron chi connectivity index (χ2n) is 6.77. The normalized spacial score (nSPS) is 17.2. The van der Waals surface area contributed by atoms with Crippen molar-refractivity contribution in [3.8, 4) is 0 Å². The maximum absolute atomic E-state index is 11.1. The second-order valence-corrected chi connectivity index (χ2v) is 6.77. The Balaban J connectivity index is 1.75. The lowest BCUT2D eigenvalue weighted by atomic mass is 10.0. The zero-order valence-electron chi connectivity index (χ0n) is 15.0. The van der Waals surface area contributed by atoms with E-state index in [-0.39, 0.29) is 5.91 Å². The topological polar surface area (TPSA) is 70.2 Å². The van der Waals surface area contributed by atoms with Crippen LogP contribution in [0.25, 0.3) is 0 Å². The number of hydrogen-bond acceptors (Lipinski definition) is 5. The number of hydrogen-bond donors (Lipinski definition) is 2. The van der Waals surface area contributed by atoms with E-state index in [4.69, 9.17) is 4.98 Å². The predicted molar refractivity (Wildman–Crippen MR) is 101 cm³/mol. The number of rotatable bonds is 4. The molecule has 0 bridgehead atoms. The lowest BCUT2D eigenvalue weighted by Gasteiger charge is -2.32. The number of aromatic nitrogens is 2. The number of carbonyl (C=O) groups excluding carboxylic acids is 1. The first-order chi connectivity index (χ1) is 12.0. The number of piperidine rings is 1. The van der Waals surface area contributed by atoms with Gasteiger partial charge in [0.2, 0.25) is 11.9 Å². The summed E-state index contributed by atoms with van der Waals surface area (Å²) >= 11 is 0. The molecule has 1 saturated heterocycles. The number of nitrogens with one attached hydrogen (secondary N) is 2. The van der Waals surface area contributed by atoms with Gasteiger partial charge in [0.25, 0.3) is 0 Å². The minimum atomic E-state index is -0.0804. The Morgan fingerprint density at radius 1 is 1.20 bits per heavy atom. The highest BCUT2D eigenvalue weighted by atomic mass is 16.1. The lowest BCUT2D eigenvalue weighted by Crippen LogP contribution is -2.35. The summed E-state index contributed by atoms with van der Waals surface area (Å²) in [5.41, 5.74) is 2.60. The number of aryl methyl sites for hydroxylation is 1. The van der Waals surface area contributed by atoms with Gasteiger partial charge in [0.05, 0.1) is 0 Å². The number of anilines is 4. The summed E-state index contributed by atoms with van der Waals surface area (Å²) in [6.07, 6.45) is 2.49. The van der Waals surface area contributed by atoms with Crippen LogP contribution in [0, 0.1) is 12.8 Å². The van der Waals surface area contributed by atoms with E-state index in [0.29, 0.717) is 11.9 Å². The fraction of sp³-hybridized carbons (Fsp3) is 0.421. The molecule has 2 N–H and O–H groups in total. The number of amides is 1. The van der Waals surface area contributed by atoms with Crippen LogP contribution in [0.4, 0.5) is 23.1 Å². The van der Waals surface area contributed by atoms with Crippen molar-refractivity contribution in [2.45, 2.75) is 33.6 Å². The Morgan fingerprint density at radius 2 is 1.92 bits per heavy atom. The SMILES string of the molecule is CC(=O)Nc1ccc(Nc2nc(C)cc(N3CCCC(C)C3)n2)cc1. The summed E-state index contributed by atoms with van der Waals surface area (Å²) < 4.78 is 0. The summed E-state index contributed by atoms with van der Waals surface area (Å²) in [7, 11) is 0. The van der Waals surface area contributed by atoms with Crippen LogP contribution in [0.15, 0.2) is 30.3 Å². The molecule has 6 heteroatoms. The van der Waals surface area contributed by atoms with Gasteiger partial charge in [0.1, 0.15) is 5.82 Å². The monoisotopic (exact) mass is 339 g/mol. The van der Waals surface area contributed by atoms with Crippen LogP contribution >= 0.6 is 0 Å². The largest absolute Gasteiger partial charge is 0.356 e. The molecule has 1 amide bonds. The number of benzene rings is 1. The van der Waals surface area contributed by atoms with Crippen LogP contribution in [0.3, 0.4) is 0 Å². The van der Waals surface area contributed by atoms with Gasteiger partial charge >= 0.3 is 0 Å². The van der Waals surface area contributed by atoms with Crippen molar-refractivity contribution in [3.05, 3.63) is 36.0 Å². The molecule has 1 atom stereocenters. The molecule has 0 saturated carbocycles. The van der Waals surface area contributed by atoms with Gasteiger partial charge in [-0.2, -0.15) is 4.98 Å². The molecule has 1 aliphatic heterocycles. The van der Waals surface area contributed by atoms with Crippen molar-refractivity contribution in [2.75, 3.05) is 28.6 Å². The number of nitrogens with zero attached hydrogens (tertiary/aromatic N) is 3. The highest BCUT2D eigenvalue weighted by Gasteiger charge is 2.18. The van der Waals surface area contributed by atoms with Gasteiger partial charge in [-0.1, -0.05) is 6.92 Å². The summed E-state index contributed by atoms with van der Waals surface area (Å²) in [6, 6.07) is 9.56. The summed E-state index contributed by atoms with van der Waals surface area (Å²) in [6.45, 7) is 7.86. The van der Waals surface area contributed by atoms with Crippen LogP contribution in [0.1, 0.15) is 32.4 Å². The first kappa shape index (κ1) is 17.2. The van der Waals surface area contributed by atoms with Gasteiger partial charge < -0.3 is 15.5 Å². The second kappa shape index (κ2) is 7.51. The Bertz CT molecular complexity index is 744. The van der Waals surface area contributed by atoms with Gasteiger partial charge in [-0.15, -0.1) is 0 Å². The summed E-state index contributed by atoms with van der Waals surface area (Å²) in [5.74, 6) is 2.20. The van der Waals surface area contributed by atoms with Crippen LogP contribution in [0.2, 0.25) is 0 Å². The minimum absolute atomic E-state index is 0.0804. The average molecular weight is 339 g/mol. The highest BCUT2D eigenvalue weighted by molar-refractivity contribution is 5.88. The molecule has 0 aliphatic carbocycles. The third kappa shape index (κ3) is 4.68. The molecule has 1 aliphatic rings. The van der Waals surface area contributed by atoms with Crippen molar-refractivity contribution in [1.82, 2.24) is 9.97 Å². The molecule has 1 aromatic heterocycles. The smallest absolute Gasteiger partial charge is 0.229 e. The first-order valence-corrected chi connectivity index (χ1v) is 8.75. The van der Waals surface area contributed by atoms with Crippen molar-refractivity contribution in [1.29, 1.82) is 0 Å². The molecular weight excluding hydrogens is 314 g/mol. The molecule has 0 spiro atoms. The van der Waals surface area contributed by atoms with Crippen LogP contribution in [-0.2, 0) is 4.79 Å². The van der Waals surface area contributed by atoms with E-state index in [2.05, 4.69) is 27.4 Å². The Hall–Kier alpha value is -2.63. The molecule has 25 heavy (non-hydrogen) atoms. The zero-order chi connectivity index (χ0) is 17.8. The maximum Gasteiger partial charge on any atom is 0.229 e. The molecule has 3 rings (SSSR count). The Morgan fingerprint density at radius 3 is 2.60 bits per heavy atom. The van der Waals surface area contributed by atoms with Gasteiger partial charge in [0, 0.05) is 43.1 Å². The maximum atomic E-state index is 11.1. The molecule has 6 nitrogen and oxygen atoms in total. The highest BCUT2D eigenvalue weighted by Crippen LogP contribution is 2.24. The number of carbonyl (C=O) groups is 1. The molecular formula is C19H25N5O. The van der Waals surface area contributed by atoms with Crippen molar-refractivity contribution in [2.24, 2.45) is 5.92 Å². The van der Waals surface area contributed by atoms with Gasteiger partial charge in [-0.25, -0.2) is 4.98 Å². The van der Waals surface area contributed by atoms with Crippen LogP contribution in [0.5, 0.6) is 0 Å². The molecule has 2 aromatic rings. The zero-order valence-corrected chi connectivity index (χ0v) is 15.0. The van der Waals surface area contributed by atoms with E-state index in [9.17, 15) is 4.79 Å². The Kier molecular flexibility index (Phi) is 5.16. The van der Waals surface area contributed by atoms with E-state index in [1.54, 1.807) is 0 Å². The van der Waals surface area contributed by atoms with Crippen molar-refractivity contribution in [3.63, 3.8) is 0 Å². The standard InChI is InChI=1S/C19H25N5O/c1-13-5-4-10-24(12-13)18-11-14(2)20-19(23-18)22-17-8-6-16(7-9-17)21-15(3)25/h6-9,11,13H,4-5,10,12H2,1-3H3,(H,21,25)(H,20,22,23). The molecule has 1 aromatic carbocycles. The summed E-state index contributed by atoms with van der Waals surface area (Å²) in [5, 5.41) is 6.01. The predicted octanol–water partition coefficient (Wildman–Crippen LogP) is 3.72. The van der Waals surface area contributed by atoms with E-state index >= 15 is 0 Å². The lowest BCUT2D eigenvalue weighted by molar-refractivity contribution is -0.114. The van der Waals surface area contributed by atoms with Gasteiger partial charge in [0.15, 0.2) is 0 Å². The van der Waals surface area contributed by atoms with E-state index < -0.39 is 0 Å². The molecule has 0 radical (unpaired) electrons. The molecule has 132 valence electrons. The van der Waals surface area contributed by atoms with Crippen LogP contribution < -0.4 is 15.5 Å². The molecule has 1 unspecified atom stereocenters. The first-order valence-electron chi connectivity index (χ1n) is 8.75. The Labute approximate surface area is 148 Å². The quantitative estimate of drug-likeness (QED) is 0.888.